The Morgan fingerprint density at radius 2 is 1.84 bits per heavy atom. The molecule has 102 valence electrons. The summed E-state index contributed by atoms with van der Waals surface area (Å²) in [5.74, 6) is 1.71. The van der Waals surface area contributed by atoms with Crippen molar-refractivity contribution < 1.29 is 4.42 Å². The topological polar surface area (TPSA) is 52.0 Å². The number of hydrogen-bond donors (Lipinski definition) is 1. The van der Waals surface area contributed by atoms with Crippen LogP contribution in [0.5, 0.6) is 0 Å². The summed E-state index contributed by atoms with van der Waals surface area (Å²) in [6, 6.07) is 8.50. The first kappa shape index (κ1) is 13.8. The number of oxazole rings is 1. The second-order valence-electron chi connectivity index (χ2n) is 4.72. The van der Waals surface area contributed by atoms with Crippen LogP contribution in [0.25, 0.3) is 11.3 Å². The molecule has 0 saturated heterocycles. The fourth-order valence-electron chi connectivity index (χ4n) is 2.15. The molecular weight excluding hydrogens is 236 g/mol. The third kappa shape index (κ3) is 3.24. The molecule has 0 radical (unpaired) electrons. The zero-order chi connectivity index (χ0) is 13.7. The van der Waals surface area contributed by atoms with Gasteiger partial charge in [-0.15, -0.1) is 0 Å². The lowest BCUT2D eigenvalue weighted by atomic mass is 10.1. The number of nitrogens with two attached hydrogens (primary N) is 1. The quantitative estimate of drug-likeness (QED) is 0.864. The molecule has 1 aromatic heterocycles. The Kier molecular flexibility index (Phi) is 4.74. The fraction of sp³-hybridized carbons (Fsp3) is 0.438. The first-order chi connectivity index (χ1) is 9.28. The lowest BCUT2D eigenvalue weighted by Gasteiger charge is -2.01. The van der Waals surface area contributed by atoms with Gasteiger partial charge in [-0.1, -0.05) is 38.1 Å². The van der Waals surface area contributed by atoms with Gasteiger partial charge >= 0.3 is 0 Å². The standard InChI is InChI=1S/C16H22N2O/c1-3-5-15-18-14(10-11-17)16(19-15)13-8-6-12(4-2)7-9-13/h6-9H,3-5,10-11,17H2,1-2H3. The van der Waals surface area contributed by atoms with Crippen LogP contribution in [-0.4, -0.2) is 11.5 Å². The van der Waals surface area contributed by atoms with Crippen LogP contribution >= 0.6 is 0 Å². The summed E-state index contributed by atoms with van der Waals surface area (Å²) in [6.45, 7) is 4.88. The normalized spacial score (nSPS) is 10.9. The van der Waals surface area contributed by atoms with Crippen LogP contribution < -0.4 is 5.73 Å². The van der Waals surface area contributed by atoms with Gasteiger partial charge in [0.05, 0.1) is 5.69 Å². The van der Waals surface area contributed by atoms with Gasteiger partial charge < -0.3 is 10.2 Å². The molecule has 2 aromatic rings. The fourth-order valence-corrected chi connectivity index (χ4v) is 2.15. The van der Waals surface area contributed by atoms with Crippen molar-refractivity contribution in [2.24, 2.45) is 5.73 Å². The van der Waals surface area contributed by atoms with E-state index in [-0.39, 0.29) is 0 Å². The summed E-state index contributed by atoms with van der Waals surface area (Å²) in [7, 11) is 0. The first-order valence-electron chi connectivity index (χ1n) is 7.06. The molecule has 3 heteroatoms. The maximum Gasteiger partial charge on any atom is 0.195 e. The predicted octanol–water partition coefficient (Wildman–Crippen LogP) is 3.36. The second-order valence-corrected chi connectivity index (χ2v) is 4.72. The van der Waals surface area contributed by atoms with Gasteiger partial charge in [-0.05, 0) is 24.9 Å². The van der Waals surface area contributed by atoms with Gasteiger partial charge in [0.25, 0.3) is 0 Å². The van der Waals surface area contributed by atoms with Crippen LogP contribution in [0.15, 0.2) is 28.7 Å². The van der Waals surface area contributed by atoms with Crippen LogP contribution in [0, 0.1) is 0 Å². The van der Waals surface area contributed by atoms with Crippen LogP contribution in [0.2, 0.25) is 0 Å². The molecule has 0 amide bonds. The zero-order valence-electron chi connectivity index (χ0n) is 11.8. The monoisotopic (exact) mass is 258 g/mol. The summed E-state index contributed by atoms with van der Waals surface area (Å²) in [4.78, 5) is 4.56. The van der Waals surface area contributed by atoms with Crippen molar-refractivity contribution in [1.29, 1.82) is 0 Å². The van der Waals surface area contributed by atoms with Gasteiger partial charge in [-0.25, -0.2) is 4.98 Å². The van der Waals surface area contributed by atoms with E-state index in [1.165, 1.54) is 5.56 Å². The molecule has 19 heavy (non-hydrogen) atoms. The Morgan fingerprint density at radius 3 is 2.42 bits per heavy atom. The van der Waals surface area contributed by atoms with E-state index in [1.807, 2.05) is 0 Å². The van der Waals surface area contributed by atoms with Crippen molar-refractivity contribution in [3.8, 4) is 11.3 Å². The Labute approximate surface area is 114 Å². The van der Waals surface area contributed by atoms with Crippen molar-refractivity contribution in [3.63, 3.8) is 0 Å². The van der Waals surface area contributed by atoms with E-state index in [4.69, 9.17) is 10.2 Å². The van der Waals surface area contributed by atoms with Gasteiger partial charge in [-0.2, -0.15) is 0 Å². The Balaban J connectivity index is 2.34. The molecule has 1 aromatic carbocycles. The Morgan fingerprint density at radius 1 is 1.11 bits per heavy atom. The molecule has 2 N–H and O–H groups in total. The third-order valence-electron chi connectivity index (χ3n) is 3.21. The minimum absolute atomic E-state index is 0.595. The van der Waals surface area contributed by atoms with E-state index in [0.29, 0.717) is 6.54 Å². The van der Waals surface area contributed by atoms with E-state index in [9.17, 15) is 0 Å². The van der Waals surface area contributed by atoms with Gasteiger partial charge in [-0.3, -0.25) is 0 Å². The molecule has 1 heterocycles. The lowest BCUT2D eigenvalue weighted by molar-refractivity contribution is 0.502. The summed E-state index contributed by atoms with van der Waals surface area (Å²) < 4.78 is 5.90. The number of hydrogen-bond acceptors (Lipinski definition) is 3. The van der Waals surface area contributed by atoms with Gasteiger partial charge in [0, 0.05) is 18.4 Å². The highest BCUT2D eigenvalue weighted by molar-refractivity contribution is 5.60. The maximum absolute atomic E-state index is 5.90. The first-order valence-corrected chi connectivity index (χ1v) is 7.06. The van der Waals surface area contributed by atoms with Gasteiger partial charge in [0.2, 0.25) is 0 Å². The highest BCUT2D eigenvalue weighted by Gasteiger charge is 2.14. The molecule has 3 nitrogen and oxygen atoms in total. The van der Waals surface area contributed by atoms with Gasteiger partial charge in [0.1, 0.15) is 0 Å². The second kappa shape index (κ2) is 6.53. The molecule has 0 saturated carbocycles. The van der Waals surface area contributed by atoms with Crippen LogP contribution in [-0.2, 0) is 19.3 Å². The average Bonchev–Trinajstić information content (AvgIpc) is 2.83. The molecular formula is C16H22N2O. The SMILES string of the molecule is CCCc1nc(CCN)c(-c2ccc(CC)cc2)o1. The highest BCUT2D eigenvalue weighted by atomic mass is 16.4. The lowest BCUT2D eigenvalue weighted by Crippen LogP contribution is -2.04. The smallest absolute Gasteiger partial charge is 0.195 e. The number of aromatic nitrogens is 1. The van der Waals surface area contributed by atoms with Gasteiger partial charge in [0.15, 0.2) is 11.7 Å². The van der Waals surface area contributed by atoms with Crippen molar-refractivity contribution >= 4 is 0 Å². The van der Waals surface area contributed by atoms with Crippen LogP contribution in [0.4, 0.5) is 0 Å². The Hall–Kier alpha value is -1.61. The summed E-state index contributed by atoms with van der Waals surface area (Å²) in [5.41, 5.74) is 9.06. The van der Waals surface area contributed by atoms with Crippen molar-refractivity contribution in [3.05, 3.63) is 41.4 Å². The summed E-state index contributed by atoms with van der Waals surface area (Å²) >= 11 is 0. The molecule has 0 spiro atoms. The van der Waals surface area contributed by atoms with Crippen molar-refractivity contribution in [2.45, 2.75) is 39.5 Å². The Bertz CT molecular complexity index is 514. The molecule has 0 fully saturated rings. The summed E-state index contributed by atoms with van der Waals surface area (Å²) in [5, 5.41) is 0. The molecule has 0 bridgehead atoms. The van der Waals surface area contributed by atoms with E-state index >= 15 is 0 Å². The van der Waals surface area contributed by atoms with Crippen molar-refractivity contribution in [2.75, 3.05) is 6.54 Å². The van der Waals surface area contributed by atoms with E-state index in [1.54, 1.807) is 0 Å². The molecule has 0 aliphatic rings. The minimum atomic E-state index is 0.595. The number of rotatable bonds is 6. The largest absolute Gasteiger partial charge is 0.440 e. The molecule has 0 aliphatic carbocycles. The number of benzene rings is 1. The third-order valence-corrected chi connectivity index (χ3v) is 3.21. The highest BCUT2D eigenvalue weighted by Crippen LogP contribution is 2.26. The minimum Gasteiger partial charge on any atom is -0.440 e. The number of nitrogens with zero attached hydrogens (tertiary/aromatic N) is 1. The van der Waals surface area contributed by atoms with E-state index < -0.39 is 0 Å². The molecule has 2 rings (SSSR count). The predicted molar refractivity (Wildman–Crippen MR) is 78.1 cm³/mol. The zero-order valence-corrected chi connectivity index (χ0v) is 11.8. The maximum atomic E-state index is 5.90. The molecule has 0 atom stereocenters. The molecule has 0 unspecified atom stereocenters. The average molecular weight is 258 g/mol. The van der Waals surface area contributed by atoms with E-state index in [2.05, 4.69) is 43.1 Å². The number of aryl methyl sites for hydroxylation is 2. The molecule has 0 aliphatic heterocycles. The van der Waals surface area contributed by atoms with E-state index in [0.717, 1.165) is 48.6 Å². The van der Waals surface area contributed by atoms with Crippen LogP contribution in [0.1, 0.15) is 37.4 Å². The summed E-state index contributed by atoms with van der Waals surface area (Å²) in [6.07, 6.45) is 3.73. The van der Waals surface area contributed by atoms with Crippen molar-refractivity contribution in [1.82, 2.24) is 4.98 Å². The van der Waals surface area contributed by atoms with Crippen LogP contribution in [0.3, 0.4) is 0 Å².